The summed E-state index contributed by atoms with van der Waals surface area (Å²) in [6.07, 6.45) is 8.77. The maximum atomic E-state index is 12.3. The van der Waals surface area contributed by atoms with Crippen molar-refractivity contribution in [2.75, 3.05) is 5.32 Å². The fourth-order valence-electron chi connectivity index (χ4n) is 3.08. The Morgan fingerprint density at radius 1 is 1.48 bits per heavy atom. The van der Waals surface area contributed by atoms with Crippen molar-refractivity contribution in [1.82, 2.24) is 15.1 Å². The highest BCUT2D eigenvalue weighted by Gasteiger charge is 2.40. The molecule has 5 nitrogen and oxygen atoms in total. The van der Waals surface area contributed by atoms with Crippen LogP contribution in [0.2, 0.25) is 0 Å². The highest BCUT2D eigenvalue weighted by Crippen LogP contribution is 2.43. The molecule has 0 saturated heterocycles. The lowest BCUT2D eigenvalue weighted by molar-refractivity contribution is 0.103. The molecule has 0 aliphatic heterocycles. The number of carbonyl (C=O) groups excluding carboxylic acids is 1. The Morgan fingerprint density at radius 2 is 2.35 bits per heavy atom. The number of hydrogen-bond donors (Lipinski definition) is 2. The summed E-state index contributed by atoms with van der Waals surface area (Å²) in [6, 6.07) is 3.41. The van der Waals surface area contributed by atoms with Crippen LogP contribution in [0.1, 0.15) is 53.8 Å². The van der Waals surface area contributed by atoms with Crippen molar-refractivity contribution in [1.29, 1.82) is 0 Å². The van der Waals surface area contributed by atoms with Crippen LogP contribution in [0.3, 0.4) is 0 Å². The van der Waals surface area contributed by atoms with Crippen LogP contribution in [0.15, 0.2) is 23.8 Å². The lowest BCUT2D eigenvalue weighted by atomic mass is 9.93. The number of anilines is 1. The minimum absolute atomic E-state index is 0.0407. The van der Waals surface area contributed by atoms with E-state index in [-0.39, 0.29) is 5.91 Å². The molecule has 0 radical (unpaired) electrons. The molecule has 2 aromatic rings. The molecule has 2 atom stereocenters. The van der Waals surface area contributed by atoms with Gasteiger partial charge in [0.1, 0.15) is 0 Å². The third-order valence-corrected chi connectivity index (χ3v) is 5.78. The largest absolute Gasteiger partial charge is 0.319 e. The van der Waals surface area contributed by atoms with Crippen molar-refractivity contribution in [2.24, 2.45) is 0 Å². The second-order valence-electron chi connectivity index (χ2n) is 6.53. The lowest BCUT2D eigenvalue weighted by Crippen LogP contribution is -2.37. The summed E-state index contributed by atoms with van der Waals surface area (Å²) in [6.45, 7) is 2.82. The predicted molar refractivity (Wildman–Crippen MR) is 92.1 cm³/mol. The molecule has 6 heteroatoms. The van der Waals surface area contributed by atoms with Crippen molar-refractivity contribution in [3.63, 3.8) is 0 Å². The molecule has 2 heterocycles. The van der Waals surface area contributed by atoms with Crippen molar-refractivity contribution >= 4 is 22.9 Å². The highest BCUT2D eigenvalue weighted by molar-refractivity contribution is 7.12. The molecule has 23 heavy (non-hydrogen) atoms. The van der Waals surface area contributed by atoms with Gasteiger partial charge in [0.25, 0.3) is 5.91 Å². The van der Waals surface area contributed by atoms with E-state index in [1.807, 2.05) is 13.1 Å². The first-order chi connectivity index (χ1) is 11.2. The zero-order chi connectivity index (χ0) is 15.8. The third kappa shape index (κ3) is 3.19. The Hall–Kier alpha value is -1.66. The van der Waals surface area contributed by atoms with Gasteiger partial charge in [0, 0.05) is 30.7 Å². The van der Waals surface area contributed by atoms with Gasteiger partial charge in [-0.1, -0.05) is 6.42 Å². The SMILES string of the molecule is CCn1cc(NC(=O)c2cc(C3CC3NC3CCC3)cs2)cn1. The van der Waals surface area contributed by atoms with Gasteiger partial charge >= 0.3 is 0 Å². The Bertz CT molecular complexity index is 703. The molecule has 2 unspecified atom stereocenters. The Labute approximate surface area is 140 Å². The minimum Gasteiger partial charge on any atom is -0.319 e. The molecule has 2 N–H and O–H groups in total. The summed E-state index contributed by atoms with van der Waals surface area (Å²) in [5.74, 6) is 0.553. The number of aryl methyl sites for hydroxylation is 1. The van der Waals surface area contributed by atoms with E-state index >= 15 is 0 Å². The van der Waals surface area contributed by atoms with Gasteiger partial charge in [-0.3, -0.25) is 9.48 Å². The van der Waals surface area contributed by atoms with E-state index in [0.717, 1.165) is 23.2 Å². The van der Waals surface area contributed by atoms with E-state index in [4.69, 9.17) is 0 Å². The average Bonchev–Trinajstić information content (AvgIpc) is 2.92. The fourth-order valence-corrected chi connectivity index (χ4v) is 3.95. The minimum atomic E-state index is -0.0407. The number of rotatable bonds is 6. The topological polar surface area (TPSA) is 59.0 Å². The molecule has 122 valence electrons. The molecule has 2 aliphatic carbocycles. The van der Waals surface area contributed by atoms with Gasteiger partial charge in [-0.25, -0.2) is 0 Å². The number of carbonyl (C=O) groups is 1. The Kier molecular flexibility index (Phi) is 3.95. The van der Waals surface area contributed by atoms with Crippen molar-refractivity contribution in [2.45, 2.75) is 57.2 Å². The second-order valence-corrected chi connectivity index (χ2v) is 7.44. The zero-order valence-corrected chi connectivity index (χ0v) is 14.1. The molecular weight excluding hydrogens is 308 g/mol. The summed E-state index contributed by atoms with van der Waals surface area (Å²) < 4.78 is 1.80. The van der Waals surface area contributed by atoms with Crippen LogP contribution in [-0.2, 0) is 6.54 Å². The smallest absolute Gasteiger partial charge is 0.265 e. The van der Waals surface area contributed by atoms with E-state index in [1.165, 1.54) is 42.6 Å². The van der Waals surface area contributed by atoms with Crippen molar-refractivity contribution in [3.05, 3.63) is 34.3 Å². The summed E-state index contributed by atoms with van der Waals surface area (Å²) in [5.41, 5.74) is 2.06. The molecule has 4 rings (SSSR count). The molecular formula is C17H22N4OS. The second kappa shape index (κ2) is 6.09. The van der Waals surface area contributed by atoms with Crippen LogP contribution < -0.4 is 10.6 Å². The number of nitrogens with zero attached hydrogens (tertiary/aromatic N) is 2. The molecule has 0 spiro atoms. The van der Waals surface area contributed by atoms with Gasteiger partial charge in [-0.2, -0.15) is 5.10 Å². The van der Waals surface area contributed by atoms with Gasteiger partial charge < -0.3 is 10.6 Å². The van der Waals surface area contributed by atoms with Crippen LogP contribution in [0.4, 0.5) is 5.69 Å². The summed E-state index contributed by atoms with van der Waals surface area (Å²) in [5, 5.41) is 12.9. The Balaban J connectivity index is 1.35. The van der Waals surface area contributed by atoms with Gasteiger partial charge in [0.05, 0.1) is 16.8 Å². The Morgan fingerprint density at radius 3 is 3.04 bits per heavy atom. The zero-order valence-electron chi connectivity index (χ0n) is 13.3. The molecule has 2 saturated carbocycles. The van der Waals surface area contributed by atoms with Crippen LogP contribution in [-0.4, -0.2) is 27.8 Å². The van der Waals surface area contributed by atoms with Gasteiger partial charge in [0.15, 0.2) is 0 Å². The molecule has 0 bridgehead atoms. The molecule has 2 aromatic heterocycles. The van der Waals surface area contributed by atoms with Crippen LogP contribution in [0.25, 0.3) is 0 Å². The number of nitrogens with one attached hydrogen (secondary N) is 2. The van der Waals surface area contributed by atoms with E-state index in [1.54, 1.807) is 10.9 Å². The first-order valence-electron chi connectivity index (χ1n) is 8.41. The number of aromatic nitrogens is 2. The maximum absolute atomic E-state index is 12.3. The summed E-state index contributed by atoms with van der Waals surface area (Å²) in [4.78, 5) is 13.1. The summed E-state index contributed by atoms with van der Waals surface area (Å²) >= 11 is 1.53. The molecule has 1 amide bonds. The fraction of sp³-hybridized carbons (Fsp3) is 0.529. The third-order valence-electron chi connectivity index (χ3n) is 4.83. The van der Waals surface area contributed by atoms with Crippen LogP contribution in [0.5, 0.6) is 0 Å². The van der Waals surface area contributed by atoms with Crippen LogP contribution >= 0.6 is 11.3 Å². The summed E-state index contributed by atoms with van der Waals surface area (Å²) in [7, 11) is 0. The van der Waals surface area contributed by atoms with Crippen LogP contribution in [0, 0.1) is 0 Å². The molecule has 0 aromatic carbocycles. The van der Waals surface area contributed by atoms with E-state index in [0.29, 0.717) is 12.0 Å². The normalized spacial score (nSPS) is 23.5. The van der Waals surface area contributed by atoms with Gasteiger partial charge in [-0.05, 0) is 43.2 Å². The number of hydrogen-bond acceptors (Lipinski definition) is 4. The van der Waals surface area contributed by atoms with E-state index in [2.05, 4.69) is 27.2 Å². The lowest BCUT2D eigenvalue weighted by Gasteiger charge is -2.26. The van der Waals surface area contributed by atoms with E-state index < -0.39 is 0 Å². The maximum Gasteiger partial charge on any atom is 0.265 e. The quantitative estimate of drug-likeness (QED) is 0.855. The van der Waals surface area contributed by atoms with Crippen molar-refractivity contribution in [3.8, 4) is 0 Å². The highest BCUT2D eigenvalue weighted by atomic mass is 32.1. The van der Waals surface area contributed by atoms with Gasteiger partial charge in [-0.15, -0.1) is 11.3 Å². The standard InChI is InChI=1S/C17H22N4OS/c1-2-21-9-13(8-18-21)20-17(22)16-6-11(10-23-16)14-7-15(14)19-12-4-3-5-12/h6,8-10,12,14-15,19H,2-5,7H2,1H3,(H,20,22). The van der Waals surface area contributed by atoms with E-state index in [9.17, 15) is 4.79 Å². The first kappa shape index (κ1) is 14.9. The van der Waals surface area contributed by atoms with Crippen molar-refractivity contribution < 1.29 is 4.79 Å². The molecule has 2 aliphatic rings. The number of amides is 1. The first-order valence-corrected chi connectivity index (χ1v) is 9.29. The monoisotopic (exact) mass is 330 g/mol. The number of thiophene rings is 1. The molecule has 2 fully saturated rings. The predicted octanol–water partition coefficient (Wildman–Crippen LogP) is 3.21. The van der Waals surface area contributed by atoms with Gasteiger partial charge in [0.2, 0.25) is 0 Å². The average molecular weight is 330 g/mol.